The number of nitro groups is 1. The summed E-state index contributed by atoms with van der Waals surface area (Å²) in [5.41, 5.74) is 2.96. The third-order valence-corrected chi connectivity index (χ3v) is 4.88. The van der Waals surface area contributed by atoms with Gasteiger partial charge < -0.3 is 9.84 Å². The second-order valence-electron chi connectivity index (χ2n) is 5.73. The summed E-state index contributed by atoms with van der Waals surface area (Å²) in [4.78, 5) is 23.6. The fourth-order valence-electron chi connectivity index (χ4n) is 2.47. The highest BCUT2D eigenvalue weighted by Gasteiger charge is 2.19. The number of aromatic hydroxyl groups is 1. The highest BCUT2D eigenvalue weighted by molar-refractivity contribution is 7.99. The quantitative estimate of drug-likeness (QED) is 0.263. The van der Waals surface area contributed by atoms with E-state index in [9.17, 15) is 20.0 Å². The van der Waals surface area contributed by atoms with Crippen molar-refractivity contribution in [2.24, 2.45) is 5.10 Å². The maximum atomic E-state index is 12.2. The Morgan fingerprint density at radius 3 is 2.79 bits per heavy atom. The SMILES string of the molecule is CCOc1cc(/C=N\NC(=O)Cc2cc(Cl)ccc2SCC)cc([N+](=O)[O-])c1O. The largest absolute Gasteiger partial charge is 0.500 e. The number of carbonyl (C=O) groups is 1. The van der Waals surface area contributed by atoms with Crippen molar-refractivity contribution in [2.45, 2.75) is 25.2 Å². The van der Waals surface area contributed by atoms with Gasteiger partial charge >= 0.3 is 5.69 Å². The van der Waals surface area contributed by atoms with E-state index in [1.54, 1.807) is 30.8 Å². The number of hydrogen-bond donors (Lipinski definition) is 2. The average Bonchev–Trinajstić information content (AvgIpc) is 2.66. The van der Waals surface area contributed by atoms with Crippen molar-refractivity contribution in [1.29, 1.82) is 0 Å². The van der Waals surface area contributed by atoms with Gasteiger partial charge in [-0.3, -0.25) is 14.9 Å². The molecule has 0 heterocycles. The summed E-state index contributed by atoms with van der Waals surface area (Å²) in [5.74, 6) is -0.0923. The molecule has 0 aliphatic rings. The van der Waals surface area contributed by atoms with Crippen molar-refractivity contribution >= 4 is 41.2 Å². The van der Waals surface area contributed by atoms with Gasteiger partial charge in [-0.1, -0.05) is 18.5 Å². The first kappa shape index (κ1) is 22.5. The summed E-state index contributed by atoms with van der Waals surface area (Å²) in [5, 5.41) is 25.4. The van der Waals surface area contributed by atoms with Crippen LogP contribution < -0.4 is 10.2 Å². The number of halogens is 1. The van der Waals surface area contributed by atoms with Crippen molar-refractivity contribution in [3.8, 4) is 11.5 Å². The molecule has 154 valence electrons. The Morgan fingerprint density at radius 1 is 1.38 bits per heavy atom. The summed E-state index contributed by atoms with van der Waals surface area (Å²) in [6, 6.07) is 7.91. The molecule has 10 heteroatoms. The topological polar surface area (TPSA) is 114 Å². The molecule has 29 heavy (non-hydrogen) atoms. The van der Waals surface area contributed by atoms with E-state index in [4.69, 9.17) is 16.3 Å². The Hall–Kier alpha value is -2.78. The zero-order valence-electron chi connectivity index (χ0n) is 15.8. The zero-order chi connectivity index (χ0) is 21.4. The van der Waals surface area contributed by atoms with Crippen molar-refractivity contribution < 1.29 is 19.6 Å². The molecule has 0 atom stereocenters. The lowest BCUT2D eigenvalue weighted by atomic mass is 10.1. The lowest BCUT2D eigenvalue weighted by Gasteiger charge is -2.08. The monoisotopic (exact) mass is 437 g/mol. The molecule has 0 bridgehead atoms. The van der Waals surface area contributed by atoms with Gasteiger partial charge in [0.1, 0.15) is 0 Å². The molecule has 0 saturated heterocycles. The normalized spacial score (nSPS) is 10.9. The van der Waals surface area contributed by atoms with Crippen LogP contribution in [0.4, 0.5) is 5.69 Å². The molecule has 2 rings (SSSR count). The third kappa shape index (κ3) is 6.37. The van der Waals surface area contributed by atoms with Gasteiger partial charge in [-0.05, 0) is 42.5 Å². The molecule has 0 aliphatic carbocycles. The van der Waals surface area contributed by atoms with Gasteiger partial charge in [0.05, 0.1) is 24.2 Å². The van der Waals surface area contributed by atoms with E-state index in [2.05, 4.69) is 10.5 Å². The van der Waals surface area contributed by atoms with E-state index in [0.29, 0.717) is 10.6 Å². The van der Waals surface area contributed by atoms with E-state index >= 15 is 0 Å². The minimum absolute atomic E-state index is 0.0327. The number of hydrazone groups is 1. The van der Waals surface area contributed by atoms with Crippen LogP contribution in [0.2, 0.25) is 5.02 Å². The van der Waals surface area contributed by atoms with Gasteiger partial charge in [0, 0.05) is 21.5 Å². The van der Waals surface area contributed by atoms with Crippen LogP contribution >= 0.6 is 23.4 Å². The summed E-state index contributed by atoms with van der Waals surface area (Å²) in [6.07, 6.45) is 1.33. The Bertz CT molecular complexity index is 936. The number of phenolic OH excluding ortho intramolecular Hbond substituents is 1. The number of nitrogens with one attached hydrogen (secondary N) is 1. The predicted octanol–water partition coefficient (Wildman–Crippen LogP) is 4.16. The van der Waals surface area contributed by atoms with Gasteiger partial charge in [-0.2, -0.15) is 5.10 Å². The first-order chi connectivity index (χ1) is 13.8. The molecule has 0 aromatic heterocycles. The van der Waals surface area contributed by atoms with Gasteiger partial charge in [0.25, 0.3) is 0 Å². The number of ether oxygens (including phenoxy) is 1. The van der Waals surface area contributed by atoms with Crippen molar-refractivity contribution in [2.75, 3.05) is 12.4 Å². The molecule has 2 N–H and O–H groups in total. The van der Waals surface area contributed by atoms with Gasteiger partial charge in [-0.15, -0.1) is 11.8 Å². The van der Waals surface area contributed by atoms with Crippen LogP contribution in [0.1, 0.15) is 25.0 Å². The molecule has 0 saturated carbocycles. The van der Waals surface area contributed by atoms with Gasteiger partial charge in [-0.25, -0.2) is 5.43 Å². The van der Waals surface area contributed by atoms with E-state index in [1.807, 2.05) is 13.0 Å². The Kier molecular flexibility index (Phi) is 8.29. The molecule has 1 amide bonds. The number of rotatable bonds is 9. The number of nitrogens with zero attached hydrogens (tertiary/aromatic N) is 2. The number of benzene rings is 2. The Labute approximate surface area is 177 Å². The van der Waals surface area contributed by atoms with Crippen LogP contribution in [0.15, 0.2) is 40.3 Å². The molecule has 2 aromatic carbocycles. The molecule has 0 fully saturated rings. The third-order valence-electron chi connectivity index (χ3n) is 3.65. The molecule has 0 aliphatic heterocycles. The number of hydrogen-bond acceptors (Lipinski definition) is 7. The van der Waals surface area contributed by atoms with Crippen molar-refractivity contribution in [3.05, 3.63) is 56.6 Å². The highest BCUT2D eigenvalue weighted by atomic mass is 35.5. The standard InChI is InChI=1S/C19H20ClN3O5S/c1-3-28-16-8-12(7-15(19(16)25)23(26)27)11-21-22-18(24)10-13-9-14(20)5-6-17(13)29-4-2/h5-9,11,25H,3-4,10H2,1-2H3,(H,22,24)/b21-11-. The number of thioether (sulfide) groups is 1. The lowest BCUT2D eigenvalue weighted by molar-refractivity contribution is -0.386. The molecule has 0 unspecified atom stereocenters. The molecule has 8 nitrogen and oxygen atoms in total. The van der Waals surface area contributed by atoms with Crippen LogP contribution in [0.5, 0.6) is 11.5 Å². The van der Waals surface area contributed by atoms with Crippen LogP contribution in [0, 0.1) is 10.1 Å². The number of carbonyl (C=O) groups excluding carboxylic acids is 1. The summed E-state index contributed by atoms with van der Waals surface area (Å²) >= 11 is 7.63. The van der Waals surface area contributed by atoms with Crippen molar-refractivity contribution in [3.63, 3.8) is 0 Å². The number of nitro benzene ring substituents is 1. The second-order valence-corrected chi connectivity index (χ2v) is 7.47. The Morgan fingerprint density at radius 2 is 2.14 bits per heavy atom. The fourth-order valence-corrected chi connectivity index (χ4v) is 3.45. The summed E-state index contributed by atoms with van der Waals surface area (Å²) in [6.45, 7) is 3.92. The lowest BCUT2D eigenvalue weighted by Crippen LogP contribution is -2.20. The van der Waals surface area contributed by atoms with Crippen LogP contribution in [0.25, 0.3) is 0 Å². The first-order valence-electron chi connectivity index (χ1n) is 8.73. The zero-order valence-corrected chi connectivity index (χ0v) is 17.4. The smallest absolute Gasteiger partial charge is 0.315 e. The van der Waals surface area contributed by atoms with Gasteiger partial charge in [0.15, 0.2) is 5.75 Å². The number of phenols is 1. The van der Waals surface area contributed by atoms with Gasteiger partial charge in [0.2, 0.25) is 11.7 Å². The molecular formula is C19H20ClN3O5S. The highest BCUT2D eigenvalue weighted by Crippen LogP contribution is 2.36. The predicted molar refractivity (Wildman–Crippen MR) is 113 cm³/mol. The van der Waals surface area contributed by atoms with Crippen LogP contribution in [-0.4, -0.2) is 34.5 Å². The molecular weight excluding hydrogens is 418 g/mol. The maximum Gasteiger partial charge on any atom is 0.315 e. The Balaban J connectivity index is 2.12. The average molecular weight is 438 g/mol. The first-order valence-corrected chi connectivity index (χ1v) is 10.1. The number of amides is 1. The fraction of sp³-hybridized carbons (Fsp3) is 0.263. The second kappa shape index (κ2) is 10.7. The van der Waals surface area contributed by atoms with E-state index < -0.39 is 16.4 Å². The minimum atomic E-state index is -0.722. The van der Waals surface area contributed by atoms with E-state index in [0.717, 1.165) is 22.3 Å². The summed E-state index contributed by atoms with van der Waals surface area (Å²) in [7, 11) is 0. The summed E-state index contributed by atoms with van der Waals surface area (Å²) < 4.78 is 5.20. The van der Waals surface area contributed by atoms with Crippen LogP contribution in [-0.2, 0) is 11.2 Å². The molecule has 0 spiro atoms. The van der Waals surface area contributed by atoms with E-state index in [-0.39, 0.29) is 24.7 Å². The molecule has 0 radical (unpaired) electrons. The van der Waals surface area contributed by atoms with Crippen molar-refractivity contribution in [1.82, 2.24) is 5.43 Å². The molecule has 2 aromatic rings. The van der Waals surface area contributed by atoms with E-state index in [1.165, 1.54) is 12.3 Å². The minimum Gasteiger partial charge on any atom is -0.500 e. The van der Waals surface area contributed by atoms with Crippen LogP contribution in [0.3, 0.4) is 0 Å². The maximum absolute atomic E-state index is 12.2.